The number of methoxy groups -OCH3 is 2. The Morgan fingerprint density at radius 2 is 2.12 bits per heavy atom. The van der Waals surface area contributed by atoms with Gasteiger partial charge < -0.3 is 9.47 Å². The normalized spacial score (nSPS) is 11.9. The fraction of sp³-hybridized carbons (Fsp3) is 0.556. The zero-order valence-corrected chi connectivity index (χ0v) is 9.34. The van der Waals surface area contributed by atoms with Gasteiger partial charge in [0.2, 0.25) is 0 Å². The maximum atomic E-state index is 11.1. The Morgan fingerprint density at radius 1 is 1.44 bits per heavy atom. The van der Waals surface area contributed by atoms with Crippen LogP contribution < -0.4 is 0 Å². The molecule has 1 aromatic rings. The van der Waals surface area contributed by atoms with Crippen LogP contribution in [0.4, 0.5) is 0 Å². The molecule has 0 amide bonds. The number of carbonyl (C=O) groups is 2. The molecule has 0 saturated carbocycles. The first-order valence-corrected chi connectivity index (χ1v) is 4.64. The van der Waals surface area contributed by atoms with Gasteiger partial charge in [-0.15, -0.1) is 5.10 Å². The minimum absolute atomic E-state index is 0.0282. The Morgan fingerprint density at radius 3 is 2.69 bits per heavy atom. The lowest BCUT2D eigenvalue weighted by molar-refractivity contribution is -0.145. The van der Waals surface area contributed by atoms with Gasteiger partial charge in [-0.25, -0.2) is 9.78 Å². The molecular formula is C9H13N3O4. The summed E-state index contributed by atoms with van der Waals surface area (Å²) in [6.07, 6.45) is 1.37. The van der Waals surface area contributed by atoms with Crippen molar-refractivity contribution >= 4 is 11.9 Å². The summed E-state index contributed by atoms with van der Waals surface area (Å²) >= 11 is 0. The number of esters is 2. The van der Waals surface area contributed by atoms with Crippen molar-refractivity contribution < 1.29 is 19.1 Å². The lowest BCUT2D eigenvalue weighted by Gasteiger charge is -2.07. The molecule has 7 heteroatoms. The Labute approximate surface area is 92.4 Å². The highest BCUT2D eigenvalue weighted by Gasteiger charge is 2.16. The van der Waals surface area contributed by atoms with Gasteiger partial charge in [0.15, 0.2) is 0 Å². The van der Waals surface area contributed by atoms with Crippen LogP contribution in [-0.4, -0.2) is 40.9 Å². The van der Waals surface area contributed by atoms with Gasteiger partial charge in [-0.05, 0) is 0 Å². The van der Waals surface area contributed by atoms with Crippen LogP contribution in [0, 0.1) is 5.92 Å². The Bertz CT molecular complexity index is 388. The van der Waals surface area contributed by atoms with Gasteiger partial charge in [-0.2, -0.15) is 0 Å². The number of nitrogens with zero attached hydrogens (tertiary/aromatic N) is 3. The van der Waals surface area contributed by atoms with Crippen molar-refractivity contribution in [2.45, 2.75) is 13.5 Å². The molecule has 0 fully saturated rings. The summed E-state index contributed by atoms with van der Waals surface area (Å²) in [6, 6.07) is 0. The molecule has 0 bridgehead atoms. The fourth-order valence-corrected chi connectivity index (χ4v) is 1.12. The van der Waals surface area contributed by atoms with Gasteiger partial charge in [-0.1, -0.05) is 6.92 Å². The van der Waals surface area contributed by atoms with Crippen LogP contribution in [0.2, 0.25) is 0 Å². The number of rotatable bonds is 4. The van der Waals surface area contributed by atoms with Crippen molar-refractivity contribution in [1.82, 2.24) is 14.8 Å². The van der Waals surface area contributed by atoms with Crippen molar-refractivity contribution in [2.75, 3.05) is 14.2 Å². The van der Waals surface area contributed by atoms with E-state index in [0.717, 1.165) is 0 Å². The molecule has 16 heavy (non-hydrogen) atoms. The summed E-state index contributed by atoms with van der Waals surface area (Å²) < 4.78 is 10.4. The van der Waals surface area contributed by atoms with Crippen LogP contribution in [0.5, 0.6) is 0 Å². The number of aromatic nitrogens is 3. The Hall–Kier alpha value is -1.92. The SMILES string of the molecule is COC(=O)c1ncn(CC(C)C(=O)OC)n1. The first-order valence-electron chi connectivity index (χ1n) is 4.64. The van der Waals surface area contributed by atoms with Gasteiger partial charge in [0, 0.05) is 0 Å². The second-order valence-electron chi connectivity index (χ2n) is 3.21. The van der Waals surface area contributed by atoms with Gasteiger partial charge >= 0.3 is 11.9 Å². The predicted molar refractivity (Wildman–Crippen MR) is 52.5 cm³/mol. The van der Waals surface area contributed by atoms with E-state index in [-0.39, 0.29) is 17.7 Å². The van der Waals surface area contributed by atoms with Crippen molar-refractivity contribution in [3.8, 4) is 0 Å². The van der Waals surface area contributed by atoms with Crippen molar-refractivity contribution in [1.29, 1.82) is 0 Å². The fourth-order valence-electron chi connectivity index (χ4n) is 1.12. The van der Waals surface area contributed by atoms with Crippen LogP contribution in [-0.2, 0) is 20.8 Å². The molecule has 0 aliphatic rings. The quantitative estimate of drug-likeness (QED) is 0.666. The zero-order valence-electron chi connectivity index (χ0n) is 9.34. The molecule has 0 N–H and O–H groups in total. The highest BCUT2D eigenvalue weighted by Crippen LogP contribution is 2.02. The Kier molecular flexibility index (Phi) is 3.98. The predicted octanol–water partition coefficient (Wildman–Crippen LogP) is -0.126. The molecule has 0 radical (unpaired) electrons. The lowest BCUT2D eigenvalue weighted by Crippen LogP contribution is -2.19. The van der Waals surface area contributed by atoms with Gasteiger partial charge in [-0.3, -0.25) is 9.48 Å². The molecule has 88 valence electrons. The third-order valence-corrected chi connectivity index (χ3v) is 1.97. The third kappa shape index (κ3) is 2.78. The summed E-state index contributed by atoms with van der Waals surface area (Å²) in [5, 5.41) is 3.86. The topological polar surface area (TPSA) is 83.3 Å². The van der Waals surface area contributed by atoms with E-state index in [9.17, 15) is 9.59 Å². The van der Waals surface area contributed by atoms with Crippen LogP contribution >= 0.6 is 0 Å². The summed E-state index contributed by atoms with van der Waals surface area (Å²) in [4.78, 5) is 25.9. The van der Waals surface area contributed by atoms with Crippen LogP contribution in [0.3, 0.4) is 0 Å². The molecule has 0 aliphatic carbocycles. The maximum absolute atomic E-state index is 11.1. The third-order valence-electron chi connectivity index (χ3n) is 1.97. The molecule has 1 unspecified atom stereocenters. The van der Waals surface area contributed by atoms with Crippen molar-refractivity contribution in [3.63, 3.8) is 0 Å². The van der Waals surface area contributed by atoms with E-state index in [1.807, 2.05) is 0 Å². The number of hydrogen-bond acceptors (Lipinski definition) is 6. The molecule has 0 aromatic carbocycles. The summed E-state index contributed by atoms with van der Waals surface area (Å²) in [5.74, 6) is -1.32. The number of hydrogen-bond donors (Lipinski definition) is 0. The van der Waals surface area contributed by atoms with Gasteiger partial charge in [0.1, 0.15) is 6.33 Å². The van der Waals surface area contributed by atoms with Crippen molar-refractivity contribution in [3.05, 3.63) is 12.2 Å². The number of carbonyl (C=O) groups excluding carboxylic acids is 2. The van der Waals surface area contributed by atoms with Gasteiger partial charge in [0.05, 0.1) is 26.7 Å². The molecule has 0 aliphatic heterocycles. The van der Waals surface area contributed by atoms with E-state index in [1.54, 1.807) is 6.92 Å². The molecule has 7 nitrogen and oxygen atoms in total. The summed E-state index contributed by atoms with van der Waals surface area (Å²) in [6.45, 7) is 2.00. The standard InChI is InChI=1S/C9H13N3O4/c1-6(8(13)15-2)4-12-5-10-7(11-12)9(14)16-3/h5-6H,4H2,1-3H3. The Balaban J connectivity index is 2.65. The van der Waals surface area contributed by atoms with E-state index in [4.69, 9.17) is 0 Å². The van der Waals surface area contributed by atoms with Crippen LogP contribution in [0.1, 0.15) is 17.5 Å². The second kappa shape index (κ2) is 5.24. The lowest BCUT2D eigenvalue weighted by atomic mass is 10.2. The average Bonchev–Trinajstić information content (AvgIpc) is 2.75. The maximum Gasteiger partial charge on any atom is 0.377 e. The molecule has 1 atom stereocenters. The number of ether oxygens (including phenoxy) is 2. The van der Waals surface area contributed by atoms with Gasteiger partial charge in [0.25, 0.3) is 5.82 Å². The van der Waals surface area contributed by atoms with E-state index >= 15 is 0 Å². The van der Waals surface area contributed by atoms with E-state index in [2.05, 4.69) is 19.6 Å². The summed E-state index contributed by atoms with van der Waals surface area (Å²) in [7, 11) is 2.57. The molecule has 0 saturated heterocycles. The zero-order chi connectivity index (χ0) is 12.1. The van der Waals surface area contributed by atoms with E-state index in [1.165, 1.54) is 25.2 Å². The smallest absolute Gasteiger partial charge is 0.377 e. The molecule has 1 aromatic heterocycles. The summed E-state index contributed by atoms with van der Waals surface area (Å²) in [5.41, 5.74) is 0. The van der Waals surface area contributed by atoms with E-state index in [0.29, 0.717) is 6.54 Å². The second-order valence-corrected chi connectivity index (χ2v) is 3.21. The molecular weight excluding hydrogens is 214 g/mol. The largest absolute Gasteiger partial charge is 0.469 e. The highest BCUT2D eigenvalue weighted by molar-refractivity contribution is 5.84. The van der Waals surface area contributed by atoms with Crippen molar-refractivity contribution in [2.24, 2.45) is 5.92 Å². The average molecular weight is 227 g/mol. The van der Waals surface area contributed by atoms with E-state index < -0.39 is 5.97 Å². The molecule has 0 spiro atoms. The molecule has 1 heterocycles. The minimum Gasteiger partial charge on any atom is -0.469 e. The van der Waals surface area contributed by atoms with Crippen LogP contribution in [0.15, 0.2) is 6.33 Å². The first-order chi connectivity index (χ1) is 7.58. The van der Waals surface area contributed by atoms with Crippen LogP contribution in [0.25, 0.3) is 0 Å². The monoisotopic (exact) mass is 227 g/mol. The molecule has 1 rings (SSSR count). The first kappa shape index (κ1) is 12.2. The highest BCUT2D eigenvalue weighted by atomic mass is 16.5. The minimum atomic E-state index is -0.607.